The highest BCUT2D eigenvalue weighted by molar-refractivity contribution is 8.32. The number of thioether (sulfide) groups is 2. The van der Waals surface area contributed by atoms with Crippen molar-refractivity contribution in [2.45, 2.75) is 33.2 Å². The van der Waals surface area contributed by atoms with E-state index in [1.165, 1.54) is 23.5 Å². The monoisotopic (exact) mass is 637 g/mol. The van der Waals surface area contributed by atoms with Crippen LogP contribution >= 0.6 is 35.7 Å². The molecule has 0 N–H and O–H groups in total. The number of esters is 1. The summed E-state index contributed by atoms with van der Waals surface area (Å²) < 4.78 is 12.3. The van der Waals surface area contributed by atoms with Crippen molar-refractivity contribution >= 4 is 79.4 Å². The SMILES string of the molecule is CCOC(=O)C1=C(c2ccccc2)S/C(=C2/C(=S)C(C)(C)N(C(=O)c3cccc4ccccc34)c3ccc(OCC)cc32)S1. The summed E-state index contributed by atoms with van der Waals surface area (Å²) in [6.07, 6.45) is 0. The number of carbonyl (C=O) groups is 2. The molecule has 44 heavy (non-hydrogen) atoms. The summed E-state index contributed by atoms with van der Waals surface area (Å²) in [4.78, 5) is 31.6. The van der Waals surface area contributed by atoms with Gasteiger partial charge in [-0.25, -0.2) is 4.79 Å². The molecule has 0 atom stereocenters. The van der Waals surface area contributed by atoms with Crippen LogP contribution in [0.15, 0.2) is 100 Å². The molecule has 5 nitrogen and oxygen atoms in total. The van der Waals surface area contributed by atoms with Gasteiger partial charge in [-0.05, 0) is 68.3 Å². The summed E-state index contributed by atoms with van der Waals surface area (Å²) in [6.45, 7) is 8.49. The van der Waals surface area contributed by atoms with Gasteiger partial charge in [0.2, 0.25) is 0 Å². The molecule has 222 valence electrons. The second kappa shape index (κ2) is 12.3. The third kappa shape index (κ3) is 5.25. The molecule has 0 spiro atoms. The number of rotatable bonds is 6. The summed E-state index contributed by atoms with van der Waals surface area (Å²) >= 11 is 9.18. The van der Waals surface area contributed by atoms with Gasteiger partial charge in [0.1, 0.15) is 10.7 Å². The average molecular weight is 638 g/mol. The lowest BCUT2D eigenvalue weighted by molar-refractivity contribution is -0.137. The Hall–Kier alpha value is -3.85. The molecule has 0 saturated heterocycles. The molecule has 2 heterocycles. The van der Waals surface area contributed by atoms with Crippen molar-refractivity contribution in [2.24, 2.45) is 0 Å². The van der Waals surface area contributed by atoms with E-state index in [1.54, 1.807) is 6.92 Å². The molecule has 4 aromatic rings. The summed E-state index contributed by atoms with van der Waals surface area (Å²) in [7, 11) is 0. The van der Waals surface area contributed by atoms with Gasteiger partial charge in [0.25, 0.3) is 5.91 Å². The minimum absolute atomic E-state index is 0.134. The van der Waals surface area contributed by atoms with E-state index in [0.717, 1.165) is 42.3 Å². The second-order valence-electron chi connectivity index (χ2n) is 10.8. The quantitative estimate of drug-likeness (QED) is 0.119. The van der Waals surface area contributed by atoms with E-state index in [2.05, 4.69) is 0 Å². The Bertz CT molecular complexity index is 1870. The molecule has 0 unspecified atom stereocenters. The van der Waals surface area contributed by atoms with Crippen LogP contribution < -0.4 is 9.64 Å². The smallest absolute Gasteiger partial charge is 0.346 e. The number of nitrogens with zero attached hydrogens (tertiary/aromatic N) is 1. The lowest BCUT2D eigenvalue weighted by atomic mass is 9.82. The lowest BCUT2D eigenvalue weighted by Gasteiger charge is -2.45. The molecule has 2 aliphatic heterocycles. The molecule has 1 amide bonds. The second-order valence-corrected chi connectivity index (χ2v) is 13.5. The van der Waals surface area contributed by atoms with E-state index in [4.69, 9.17) is 21.7 Å². The number of thiocarbonyl (C=S) groups is 1. The number of carbonyl (C=O) groups excluding carboxylic acids is 2. The molecule has 8 heteroatoms. The van der Waals surface area contributed by atoms with E-state index in [9.17, 15) is 9.59 Å². The van der Waals surface area contributed by atoms with Crippen LogP contribution in [-0.2, 0) is 9.53 Å². The number of hydrogen-bond acceptors (Lipinski definition) is 7. The maximum atomic E-state index is 14.6. The highest BCUT2D eigenvalue weighted by Gasteiger charge is 2.46. The van der Waals surface area contributed by atoms with Crippen LogP contribution in [0.2, 0.25) is 0 Å². The minimum Gasteiger partial charge on any atom is -0.494 e. The Kier molecular flexibility index (Phi) is 8.42. The lowest BCUT2D eigenvalue weighted by Crippen LogP contribution is -2.56. The molecule has 6 rings (SSSR count). The van der Waals surface area contributed by atoms with Gasteiger partial charge >= 0.3 is 5.97 Å². The van der Waals surface area contributed by atoms with Crippen LogP contribution in [-0.4, -0.2) is 35.5 Å². The fourth-order valence-electron chi connectivity index (χ4n) is 5.61. The van der Waals surface area contributed by atoms with Crippen molar-refractivity contribution in [3.05, 3.63) is 117 Å². The Morgan fingerprint density at radius 1 is 0.864 bits per heavy atom. The third-order valence-electron chi connectivity index (χ3n) is 7.65. The normalized spacial score (nSPS) is 17.5. The largest absolute Gasteiger partial charge is 0.494 e. The van der Waals surface area contributed by atoms with E-state index in [-0.39, 0.29) is 18.5 Å². The first-order valence-corrected chi connectivity index (χ1v) is 16.5. The van der Waals surface area contributed by atoms with Crippen LogP contribution in [0.25, 0.3) is 21.3 Å². The van der Waals surface area contributed by atoms with Crippen LogP contribution in [0.1, 0.15) is 49.2 Å². The zero-order valence-electron chi connectivity index (χ0n) is 24.9. The van der Waals surface area contributed by atoms with Gasteiger partial charge < -0.3 is 9.47 Å². The van der Waals surface area contributed by atoms with Crippen molar-refractivity contribution in [3.8, 4) is 5.75 Å². The first kappa shape index (κ1) is 30.2. The molecule has 0 aromatic heterocycles. The maximum Gasteiger partial charge on any atom is 0.346 e. The Morgan fingerprint density at radius 3 is 2.34 bits per heavy atom. The molecule has 0 aliphatic carbocycles. The molecular formula is C36H31NO4S3. The topological polar surface area (TPSA) is 55.8 Å². The molecule has 0 fully saturated rings. The summed E-state index contributed by atoms with van der Waals surface area (Å²) in [5, 5.41) is 1.88. The van der Waals surface area contributed by atoms with Crippen molar-refractivity contribution in [1.29, 1.82) is 0 Å². The molecular weight excluding hydrogens is 607 g/mol. The number of ether oxygens (including phenoxy) is 2. The van der Waals surface area contributed by atoms with E-state index < -0.39 is 5.54 Å². The number of hydrogen-bond donors (Lipinski definition) is 0. The Morgan fingerprint density at radius 2 is 1.59 bits per heavy atom. The summed E-state index contributed by atoms with van der Waals surface area (Å²) in [5.41, 5.74) is 3.03. The molecule has 4 aromatic carbocycles. The van der Waals surface area contributed by atoms with Crippen LogP contribution in [0.5, 0.6) is 5.75 Å². The number of fused-ring (bicyclic) bond motifs is 2. The van der Waals surface area contributed by atoms with Crippen LogP contribution in [0.4, 0.5) is 5.69 Å². The van der Waals surface area contributed by atoms with Gasteiger partial charge in [0.15, 0.2) is 0 Å². The van der Waals surface area contributed by atoms with Gasteiger partial charge in [-0.2, -0.15) is 0 Å². The number of amides is 1. The standard InChI is InChI=1S/C36H31NO4S3/c1-5-40-24-19-20-28-27(21-24)29(35-43-30(23-14-8-7-9-15-23)31(44-35)34(39)41-6-2)32(42)36(3,4)37(28)33(38)26-18-12-16-22-13-10-11-17-25(22)26/h7-21H,5-6H2,1-4H3/b35-29-. The predicted octanol–water partition coefficient (Wildman–Crippen LogP) is 9.13. The molecule has 0 bridgehead atoms. The number of anilines is 1. The highest BCUT2D eigenvalue weighted by Crippen LogP contribution is 2.59. The Balaban J connectivity index is 1.54. The van der Waals surface area contributed by atoms with Crippen molar-refractivity contribution < 1.29 is 19.1 Å². The summed E-state index contributed by atoms with van der Waals surface area (Å²) in [5.74, 6) is 0.182. The fourth-order valence-corrected chi connectivity index (χ4v) is 8.74. The van der Waals surface area contributed by atoms with Gasteiger partial charge in [-0.3, -0.25) is 9.69 Å². The zero-order chi connectivity index (χ0) is 31.0. The van der Waals surface area contributed by atoms with Gasteiger partial charge in [0, 0.05) is 21.6 Å². The zero-order valence-corrected chi connectivity index (χ0v) is 27.3. The highest BCUT2D eigenvalue weighted by atomic mass is 32.2. The molecule has 0 radical (unpaired) electrons. The predicted molar refractivity (Wildman–Crippen MR) is 187 cm³/mol. The molecule has 2 aliphatic rings. The van der Waals surface area contributed by atoms with Crippen molar-refractivity contribution in [1.82, 2.24) is 0 Å². The van der Waals surface area contributed by atoms with Gasteiger partial charge in [-0.1, -0.05) is 102 Å². The maximum absolute atomic E-state index is 14.6. The third-order valence-corrected chi connectivity index (χ3v) is 11.0. The number of benzene rings is 4. The van der Waals surface area contributed by atoms with Gasteiger partial charge in [-0.15, -0.1) is 0 Å². The first-order chi connectivity index (χ1) is 21.3. The van der Waals surface area contributed by atoms with E-state index >= 15 is 0 Å². The average Bonchev–Trinajstić information content (AvgIpc) is 3.47. The Labute approximate surface area is 271 Å². The van der Waals surface area contributed by atoms with Crippen LogP contribution in [0.3, 0.4) is 0 Å². The summed E-state index contributed by atoms with van der Waals surface area (Å²) in [6, 6.07) is 29.3. The van der Waals surface area contributed by atoms with Crippen molar-refractivity contribution in [2.75, 3.05) is 18.1 Å². The minimum atomic E-state index is -0.869. The van der Waals surface area contributed by atoms with Crippen molar-refractivity contribution in [3.63, 3.8) is 0 Å². The molecule has 0 saturated carbocycles. The van der Waals surface area contributed by atoms with Crippen LogP contribution in [0, 0.1) is 0 Å². The van der Waals surface area contributed by atoms with Gasteiger partial charge in [0.05, 0.1) is 33.5 Å². The fraction of sp³-hybridized carbons (Fsp3) is 0.194. The van der Waals surface area contributed by atoms with E-state index in [0.29, 0.717) is 27.7 Å². The van der Waals surface area contributed by atoms with E-state index in [1.807, 2.05) is 117 Å². The first-order valence-electron chi connectivity index (χ1n) is 14.5.